The summed E-state index contributed by atoms with van der Waals surface area (Å²) in [6.07, 6.45) is 0.463. The number of aliphatic imine (C=N–C) groups is 1. The van der Waals surface area contributed by atoms with E-state index in [0.717, 1.165) is 10.8 Å². The molecule has 0 radical (unpaired) electrons. The van der Waals surface area contributed by atoms with Crippen molar-refractivity contribution in [2.75, 3.05) is 0 Å². The largest absolute Gasteiger partial charge is 0.387 e. The Morgan fingerprint density at radius 1 is 1.22 bits per heavy atom. The van der Waals surface area contributed by atoms with Crippen LogP contribution < -0.4 is 5.73 Å². The van der Waals surface area contributed by atoms with Crippen LogP contribution in [0, 0.1) is 0 Å². The highest BCUT2D eigenvalue weighted by Crippen LogP contribution is 2.27. The minimum absolute atomic E-state index is 0.0840. The van der Waals surface area contributed by atoms with Crippen LogP contribution in [0.1, 0.15) is 30.6 Å². The Balaban J connectivity index is 2.71. The first-order chi connectivity index (χ1) is 8.61. The second-order valence-electron chi connectivity index (χ2n) is 4.25. The lowest BCUT2D eigenvalue weighted by molar-refractivity contribution is 0.0989. The highest BCUT2D eigenvalue weighted by Gasteiger charge is 2.10. The highest BCUT2D eigenvalue weighted by atomic mass is 16.1. The van der Waals surface area contributed by atoms with Gasteiger partial charge in [0.25, 0.3) is 0 Å². The molecule has 2 aromatic rings. The highest BCUT2D eigenvalue weighted by molar-refractivity contribution is 6.05. The summed E-state index contributed by atoms with van der Waals surface area (Å²) in [6, 6.07) is 11.7. The van der Waals surface area contributed by atoms with Gasteiger partial charge in [-0.25, -0.2) is 4.99 Å². The molecule has 0 aliphatic heterocycles. The van der Waals surface area contributed by atoms with Crippen LogP contribution in [0.4, 0.5) is 5.69 Å². The number of Topliss-reactive ketones (excluding diaryl/α,β-unsaturated/α-hetero) is 1. The molecular formula is C15H16N2O. The van der Waals surface area contributed by atoms with Crippen molar-refractivity contribution in [2.45, 2.75) is 20.3 Å². The average Bonchev–Trinajstić information content (AvgIpc) is 2.36. The zero-order chi connectivity index (χ0) is 13.1. The molecule has 0 aromatic heterocycles. The van der Waals surface area contributed by atoms with Gasteiger partial charge < -0.3 is 5.73 Å². The molecule has 0 aliphatic carbocycles. The van der Waals surface area contributed by atoms with E-state index in [9.17, 15) is 4.79 Å². The van der Waals surface area contributed by atoms with E-state index in [1.807, 2.05) is 43.3 Å². The number of carbonyl (C=O) groups is 1. The minimum Gasteiger partial charge on any atom is -0.387 e. The lowest BCUT2D eigenvalue weighted by Crippen LogP contribution is -2.05. The van der Waals surface area contributed by atoms with Crippen LogP contribution in [0.3, 0.4) is 0 Å². The van der Waals surface area contributed by atoms with Gasteiger partial charge in [0.2, 0.25) is 0 Å². The molecule has 2 rings (SSSR count). The summed E-state index contributed by atoms with van der Waals surface area (Å²) in [7, 11) is 0. The predicted molar refractivity (Wildman–Crippen MR) is 75.5 cm³/mol. The third kappa shape index (κ3) is 2.40. The Kier molecular flexibility index (Phi) is 3.42. The van der Waals surface area contributed by atoms with Gasteiger partial charge in [0, 0.05) is 12.0 Å². The molecule has 0 fully saturated rings. The molecule has 0 atom stereocenters. The number of rotatable bonds is 3. The fraction of sp³-hybridized carbons (Fsp3) is 0.200. The number of hydrogen-bond acceptors (Lipinski definition) is 2. The lowest BCUT2D eigenvalue weighted by Gasteiger charge is -2.07. The number of ketones is 1. The van der Waals surface area contributed by atoms with Crippen LogP contribution >= 0.6 is 0 Å². The summed E-state index contributed by atoms with van der Waals surface area (Å²) < 4.78 is 0. The Morgan fingerprint density at radius 2 is 1.83 bits per heavy atom. The SMILES string of the molecule is CCC(=O)c1cc2ccccc2cc1N=C(C)N. The van der Waals surface area contributed by atoms with Gasteiger partial charge >= 0.3 is 0 Å². The third-order valence-corrected chi connectivity index (χ3v) is 2.78. The van der Waals surface area contributed by atoms with Crippen molar-refractivity contribution in [3.05, 3.63) is 42.0 Å². The van der Waals surface area contributed by atoms with Crippen LogP contribution in [0.2, 0.25) is 0 Å². The molecule has 0 saturated heterocycles. The maximum absolute atomic E-state index is 11.9. The molecule has 0 saturated carbocycles. The lowest BCUT2D eigenvalue weighted by atomic mass is 10.0. The van der Waals surface area contributed by atoms with Crippen molar-refractivity contribution in [3.8, 4) is 0 Å². The summed E-state index contributed by atoms with van der Waals surface area (Å²) in [5.74, 6) is 0.538. The van der Waals surface area contributed by atoms with Crippen molar-refractivity contribution in [1.82, 2.24) is 0 Å². The van der Waals surface area contributed by atoms with Gasteiger partial charge in [0.1, 0.15) is 0 Å². The maximum atomic E-state index is 11.9. The van der Waals surface area contributed by atoms with Gasteiger partial charge in [-0.05, 0) is 29.8 Å². The van der Waals surface area contributed by atoms with E-state index >= 15 is 0 Å². The first-order valence-electron chi connectivity index (χ1n) is 5.98. The van der Waals surface area contributed by atoms with Gasteiger partial charge in [0.15, 0.2) is 5.78 Å². The van der Waals surface area contributed by atoms with Gasteiger partial charge in [-0.2, -0.15) is 0 Å². The molecule has 0 amide bonds. The standard InChI is InChI=1S/C15H16N2O/c1-3-15(18)13-8-11-6-4-5-7-12(11)9-14(13)17-10(2)16/h4-9H,3H2,1-2H3,(H2,16,17). The monoisotopic (exact) mass is 240 g/mol. The molecule has 3 nitrogen and oxygen atoms in total. The Labute approximate surface area is 106 Å². The molecule has 92 valence electrons. The number of nitrogens with zero attached hydrogens (tertiary/aromatic N) is 1. The van der Waals surface area contributed by atoms with E-state index in [1.54, 1.807) is 6.92 Å². The Bertz CT molecular complexity index is 625. The third-order valence-electron chi connectivity index (χ3n) is 2.78. The number of carbonyl (C=O) groups excluding carboxylic acids is 1. The molecule has 0 heterocycles. The van der Waals surface area contributed by atoms with E-state index in [0.29, 0.717) is 23.5 Å². The minimum atomic E-state index is 0.0840. The predicted octanol–water partition coefficient (Wildman–Crippen LogP) is 3.44. The van der Waals surface area contributed by atoms with Crippen LogP contribution in [-0.4, -0.2) is 11.6 Å². The zero-order valence-corrected chi connectivity index (χ0v) is 10.6. The molecular weight excluding hydrogens is 224 g/mol. The molecule has 3 heteroatoms. The molecule has 0 unspecified atom stereocenters. The summed E-state index contributed by atoms with van der Waals surface area (Å²) in [6.45, 7) is 3.57. The summed E-state index contributed by atoms with van der Waals surface area (Å²) in [5, 5.41) is 2.10. The van der Waals surface area contributed by atoms with Gasteiger partial charge in [-0.1, -0.05) is 31.2 Å². The quantitative estimate of drug-likeness (QED) is 0.507. The Morgan fingerprint density at radius 3 is 2.39 bits per heavy atom. The van der Waals surface area contributed by atoms with Crippen LogP contribution in [0.5, 0.6) is 0 Å². The van der Waals surface area contributed by atoms with Crippen molar-refractivity contribution in [2.24, 2.45) is 10.7 Å². The van der Waals surface area contributed by atoms with Crippen molar-refractivity contribution < 1.29 is 4.79 Å². The summed E-state index contributed by atoms with van der Waals surface area (Å²) in [4.78, 5) is 16.2. The van der Waals surface area contributed by atoms with Gasteiger partial charge in [0.05, 0.1) is 11.5 Å². The van der Waals surface area contributed by atoms with Crippen LogP contribution in [0.15, 0.2) is 41.4 Å². The Hall–Kier alpha value is -2.16. The number of benzene rings is 2. The summed E-state index contributed by atoms with van der Waals surface area (Å²) >= 11 is 0. The fourth-order valence-corrected chi connectivity index (χ4v) is 1.92. The first-order valence-corrected chi connectivity index (χ1v) is 5.98. The van der Waals surface area contributed by atoms with E-state index in [1.165, 1.54) is 0 Å². The van der Waals surface area contributed by atoms with Gasteiger partial charge in [-0.15, -0.1) is 0 Å². The topological polar surface area (TPSA) is 55.5 Å². The smallest absolute Gasteiger partial charge is 0.164 e. The van der Waals surface area contributed by atoms with Crippen molar-refractivity contribution >= 4 is 28.1 Å². The zero-order valence-electron chi connectivity index (χ0n) is 10.6. The van der Waals surface area contributed by atoms with Crippen LogP contribution in [-0.2, 0) is 0 Å². The van der Waals surface area contributed by atoms with E-state index in [-0.39, 0.29) is 5.78 Å². The molecule has 0 spiro atoms. The number of hydrogen-bond donors (Lipinski definition) is 1. The van der Waals surface area contributed by atoms with Crippen LogP contribution in [0.25, 0.3) is 10.8 Å². The molecule has 18 heavy (non-hydrogen) atoms. The van der Waals surface area contributed by atoms with Crippen molar-refractivity contribution in [3.63, 3.8) is 0 Å². The second-order valence-corrected chi connectivity index (χ2v) is 4.25. The average molecular weight is 240 g/mol. The number of amidine groups is 1. The van der Waals surface area contributed by atoms with Gasteiger partial charge in [-0.3, -0.25) is 4.79 Å². The molecule has 2 aromatic carbocycles. The fourth-order valence-electron chi connectivity index (χ4n) is 1.92. The molecule has 2 N–H and O–H groups in total. The van der Waals surface area contributed by atoms with E-state index < -0.39 is 0 Å². The summed E-state index contributed by atoms with van der Waals surface area (Å²) in [5.41, 5.74) is 6.91. The van der Waals surface area contributed by atoms with E-state index in [4.69, 9.17) is 5.73 Å². The molecule has 0 bridgehead atoms. The number of fused-ring (bicyclic) bond motifs is 1. The normalized spacial score (nSPS) is 11.8. The second kappa shape index (κ2) is 5.00. The van der Waals surface area contributed by atoms with E-state index in [2.05, 4.69) is 4.99 Å². The molecule has 0 aliphatic rings. The van der Waals surface area contributed by atoms with Crippen molar-refractivity contribution in [1.29, 1.82) is 0 Å². The first kappa shape index (κ1) is 12.3. The maximum Gasteiger partial charge on any atom is 0.164 e. The number of nitrogens with two attached hydrogens (primary N) is 1.